The fourth-order valence-corrected chi connectivity index (χ4v) is 4.19. The maximum absolute atomic E-state index is 10.9. The number of hydrogen-bond acceptors (Lipinski definition) is 3. The number of nitrogens with one attached hydrogen (secondary N) is 1. The summed E-state index contributed by atoms with van der Waals surface area (Å²) in [4.78, 5) is 10.5. The van der Waals surface area contributed by atoms with Gasteiger partial charge in [0.1, 0.15) is 0 Å². The summed E-state index contributed by atoms with van der Waals surface area (Å²) in [5.41, 5.74) is 4.28. The molecule has 31 heavy (non-hydrogen) atoms. The Morgan fingerprint density at radius 3 is 1.97 bits per heavy atom. The minimum atomic E-state index is -0.434. The van der Waals surface area contributed by atoms with E-state index < -0.39 is 4.92 Å². The molecule has 5 nitrogen and oxygen atoms in total. The molecule has 5 rings (SSSR count). The van der Waals surface area contributed by atoms with Gasteiger partial charge in [-0.05, 0) is 36.4 Å². The Balaban J connectivity index is 1.66. The van der Waals surface area contributed by atoms with Gasteiger partial charge in [0.15, 0.2) is 0 Å². The monoisotopic (exact) mass is 447 g/mol. The molecule has 0 aliphatic heterocycles. The molecule has 0 saturated carbocycles. The van der Waals surface area contributed by atoms with Gasteiger partial charge in [0, 0.05) is 34.3 Å². The number of aromatic nitrogens is 1. The van der Waals surface area contributed by atoms with Gasteiger partial charge in [0.05, 0.1) is 31.7 Å². The maximum atomic E-state index is 10.9. The van der Waals surface area contributed by atoms with Crippen LogP contribution in [0.3, 0.4) is 0 Å². The average Bonchev–Trinajstić information content (AvgIpc) is 3.12. The fourth-order valence-electron chi connectivity index (χ4n) is 3.82. The lowest BCUT2D eigenvalue weighted by atomic mass is 10.2. The largest absolute Gasteiger partial charge is 0.354 e. The van der Waals surface area contributed by atoms with Crippen molar-refractivity contribution < 1.29 is 4.92 Å². The van der Waals surface area contributed by atoms with Gasteiger partial charge in [-0.2, -0.15) is 0 Å². The Labute approximate surface area is 187 Å². The number of non-ortho nitro benzene ring substituents is 1. The molecule has 0 radical (unpaired) electrons. The first-order chi connectivity index (χ1) is 15.0. The van der Waals surface area contributed by atoms with Gasteiger partial charge in [-0.3, -0.25) is 10.1 Å². The van der Waals surface area contributed by atoms with Crippen molar-refractivity contribution in [3.63, 3.8) is 0 Å². The Morgan fingerprint density at radius 1 is 0.806 bits per heavy atom. The fraction of sp³-hybridized carbons (Fsp3) is 0. The van der Waals surface area contributed by atoms with E-state index in [-0.39, 0.29) is 5.69 Å². The van der Waals surface area contributed by atoms with E-state index in [1.54, 1.807) is 12.1 Å². The van der Waals surface area contributed by atoms with Crippen molar-refractivity contribution in [2.24, 2.45) is 0 Å². The third kappa shape index (κ3) is 3.38. The van der Waals surface area contributed by atoms with Gasteiger partial charge < -0.3 is 9.88 Å². The number of anilines is 2. The highest BCUT2D eigenvalue weighted by Gasteiger charge is 2.15. The van der Waals surface area contributed by atoms with E-state index in [0.717, 1.165) is 27.5 Å². The Hall–Kier alpha value is -3.54. The number of rotatable bonds is 4. The van der Waals surface area contributed by atoms with Crippen LogP contribution in [0.4, 0.5) is 17.1 Å². The topological polar surface area (TPSA) is 60.1 Å². The molecule has 0 bridgehead atoms. The average molecular weight is 448 g/mol. The number of hydrogen-bond donors (Lipinski definition) is 1. The number of fused-ring (bicyclic) bond motifs is 3. The van der Waals surface area contributed by atoms with Crippen molar-refractivity contribution in [2.45, 2.75) is 0 Å². The summed E-state index contributed by atoms with van der Waals surface area (Å²) >= 11 is 13.0. The number of para-hydroxylation sites is 2. The lowest BCUT2D eigenvalue weighted by Gasteiger charge is -2.14. The maximum Gasteiger partial charge on any atom is 0.269 e. The van der Waals surface area contributed by atoms with Crippen LogP contribution in [0.15, 0.2) is 84.9 Å². The normalized spacial score (nSPS) is 11.2. The van der Waals surface area contributed by atoms with Crippen LogP contribution in [-0.2, 0) is 0 Å². The zero-order valence-corrected chi connectivity index (χ0v) is 17.6. The molecule has 152 valence electrons. The van der Waals surface area contributed by atoms with Gasteiger partial charge in [-0.25, -0.2) is 0 Å². The summed E-state index contributed by atoms with van der Waals surface area (Å²) in [7, 11) is 0. The summed E-state index contributed by atoms with van der Waals surface area (Å²) < 4.78 is 2.15. The van der Waals surface area contributed by atoms with Crippen LogP contribution in [0, 0.1) is 10.1 Å². The van der Waals surface area contributed by atoms with E-state index in [1.165, 1.54) is 12.1 Å². The minimum Gasteiger partial charge on any atom is -0.354 e. The summed E-state index contributed by atoms with van der Waals surface area (Å²) in [6.07, 6.45) is 0. The van der Waals surface area contributed by atoms with Crippen molar-refractivity contribution in [3.05, 3.63) is 105 Å². The van der Waals surface area contributed by atoms with Gasteiger partial charge in [0.25, 0.3) is 5.69 Å². The van der Waals surface area contributed by atoms with E-state index in [9.17, 15) is 10.1 Å². The number of nitro groups is 1. The predicted octanol–water partition coefficient (Wildman–Crippen LogP) is 7.74. The van der Waals surface area contributed by atoms with E-state index in [4.69, 9.17) is 23.2 Å². The lowest BCUT2D eigenvalue weighted by molar-refractivity contribution is -0.384. The molecule has 0 atom stereocenters. The molecule has 0 unspecified atom stereocenters. The Morgan fingerprint density at radius 2 is 1.39 bits per heavy atom. The SMILES string of the molecule is O=[N+]([O-])c1ccc(Nc2cc(-n3c4ccccc4c4ccccc43)cc(Cl)c2Cl)cc1. The smallest absolute Gasteiger partial charge is 0.269 e. The van der Waals surface area contributed by atoms with Crippen LogP contribution in [-0.4, -0.2) is 9.49 Å². The standard InChI is InChI=1S/C24H15Cl2N3O2/c25-20-13-17(14-21(24(20)26)27-15-9-11-16(12-10-15)29(30)31)28-22-7-3-1-5-18(22)19-6-2-4-8-23(19)28/h1-14,27H. The van der Waals surface area contributed by atoms with E-state index in [1.807, 2.05) is 36.4 Å². The third-order valence-electron chi connectivity index (χ3n) is 5.21. The summed E-state index contributed by atoms with van der Waals surface area (Å²) in [6.45, 7) is 0. The molecule has 0 saturated heterocycles. The van der Waals surface area contributed by atoms with Gasteiger partial charge in [-0.1, -0.05) is 59.6 Å². The van der Waals surface area contributed by atoms with E-state index in [2.05, 4.69) is 34.1 Å². The molecule has 0 spiro atoms. The molecular formula is C24H15Cl2N3O2. The molecule has 1 aromatic heterocycles. The molecule has 4 aromatic carbocycles. The van der Waals surface area contributed by atoms with Crippen LogP contribution in [0.2, 0.25) is 10.0 Å². The molecule has 1 heterocycles. The van der Waals surface area contributed by atoms with Crippen molar-refractivity contribution in [3.8, 4) is 5.69 Å². The first-order valence-corrected chi connectivity index (χ1v) is 10.3. The molecule has 5 aromatic rings. The van der Waals surface area contributed by atoms with Crippen molar-refractivity contribution >= 4 is 62.1 Å². The van der Waals surface area contributed by atoms with Crippen LogP contribution in [0.1, 0.15) is 0 Å². The molecule has 0 aliphatic rings. The van der Waals surface area contributed by atoms with Crippen LogP contribution in [0.25, 0.3) is 27.5 Å². The molecule has 0 aliphatic carbocycles. The highest BCUT2D eigenvalue weighted by molar-refractivity contribution is 6.44. The van der Waals surface area contributed by atoms with E-state index in [0.29, 0.717) is 21.4 Å². The first-order valence-electron chi connectivity index (χ1n) is 9.52. The van der Waals surface area contributed by atoms with E-state index >= 15 is 0 Å². The van der Waals surface area contributed by atoms with Gasteiger partial charge >= 0.3 is 0 Å². The number of nitrogens with zero attached hydrogens (tertiary/aromatic N) is 2. The van der Waals surface area contributed by atoms with Crippen LogP contribution in [0.5, 0.6) is 0 Å². The Kier molecular flexibility index (Phi) is 4.77. The Bertz CT molecular complexity index is 1410. The number of halogens is 2. The van der Waals surface area contributed by atoms with Crippen LogP contribution >= 0.6 is 23.2 Å². The highest BCUT2D eigenvalue weighted by atomic mass is 35.5. The molecular weight excluding hydrogens is 433 g/mol. The minimum absolute atomic E-state index is 0.0220. The second kappa shape index (κ2) is 7.61. The molecule has 0 fully saturated rings. The summed E-state index contributed by atoms with van der Waals surface area (Å²) in [5, 5.41) is 17.2. The number of nitro benzene ring substituents is 1. The summed E-state index contributed by atoms with van der Waals surface area (Å²) in [5.74, 6) is 0. The first kappa shape index (κ1) is 19.4. The molecule has 7 heteroatoms. The zero-order valence-electron chi connectivity index (χ0n) is 16.0. The lowest BCUT2D eigenvalue weighted by Crippen LogP contribution is -1.98. The van der Waals surface area contributed by atoms with Crippen molar-refractivity contribution in [1.82, 2.24) is 4.57 Å². The molecule has 1 N–H and O–H groups in total. The molecule has 0 amide bonds. The third-order valence-corrected chi connectivity index (χ3v) is 6.01. The second-order valence-electron chi connectivity index (χ2n) is 7.09. The summed E-state index contributed by atoms with van der Waals surface area (Å²) in [6, 6.07) is 26.3. The van der Waals surface area contributed by atoms with Gasteiger partial charge in [-0.15, -0.1) is 0 Å². The zero-order chi connectivity index (χ0) is 21.5. The quantitative estimate of drug-likeness (QED) is 0.226. The van der Waals surface area contributed by atoms with Gasteiger partial charge in [0.2, 0.25) is 0 Å². The highest BCUT2D eigenvalue weighted by Crippen LogP contribution is 2.38. The van der Waals surface area contributed by atoms with Crippen molar-refractivity contribution in [1.29, 1.82) is 0 Å². The number of benzene rings is 4. The predicted molar refractivity (Wildman–Crippen MR) is 127 cm³/mol. The second-order valence-corrected chi connectivity index (χ2v) is 7.87. The van der Waals surface area contributed by atoms with Crippen LogP contribution < -0.4 is 5.32 Å². The van der Waals surface area contributed by atoms with Crippen molar-refractivity contribution in [2.75, 3.05) is 5.32 Å².